The highest BCUT2D eigenvalue weighted by molar-refractivity contribution is 9.10. The van der Waals surface area contributed by atoms with Crippen LogP contribution in [0.2, 0.25) is 0 Å². The number of carbonyl (C=O) groups excluding carboxylic acids is 1. The van der Waals surface area contributed by atoms with Crippen LogP contribution in [0.25, 0.3) is 5.70 Å². The lowest BCUT2D eigenvalue weighted by Gasteiger charge is -2.34. The molecule has 0 aliphatic carbocycles. The standard InChI is InChI=1S/C19H17BrN4O2S/c1-3-27-19-22-18(25)16-13-10-11(20)8-9-14(13)21-17(24(16)23-19)12-6-4-5-7-15(12)26-2/h4-10,17H,3H2,1-2H3,(H,22,23,25). The first-order chi connectivity index (χ1) is 13.1. The number of benzene rings is 2. The fraction of sp³-hybridized carbons (Fsp3) is 0.211. The third-order valence-corrected chi connectivity index (χ3v) is 5.51. The smallest absolute Gasteiger partial charge is 0.276 e. The molecule has 2 aliphatic rings. The molecule has 27 heavy (non-hydrogen) atoms. The molecule has 0 fully saturated rings. The van der Waals surface area contributed by atoms with Gasteiger partial charge < -0.3 is 4.74 Å². The van der Waals surface area contributed by atoms with Gasteiger partial charge in [0.15, 0.2) is 11.3 Å². The van der Waals surface area contributed by atoms with Gasteiger partial charge in [-0.15, -0.1) is 5.10 Å². The second-order valence-corrected chi connectivity index (χ2v) is 8.06. The Hall–Kier alpha value is -2.32. The van der Waals surface area contributed by atoms with E-state index in [-0.39, 0.29) is 5.91 Å². The second kappa shape index (κ2) is 7.36. The molecule has 2 heterocycles. The Morgan fingerprint density at radius 1 is 1.30 bits per heavy atom. The summed E-state index contributed by atoms with van der Waals surface area (Å²) in [7, 11) is 1.63. The molecule has 2 aliphatic heterocycles. The van der Waals surface area contributed by atoms with E-state index in [9.17, 15) is 4.79 Å². The van der Waals surface area contributed by atoms with Gasteiger partial charge in [0.05, 0.1) is 12.5 Å². The normalized spacial score (nSPS) is 18.1. The van der Waals surface area contributed by atoms with E-state index >= 15 is 0 Å². The van der Waals surface area contributed by atoms with Crippen molar-refractivity contribution in [3.8, 4) is 5.75 Å². The van der Waals surface area contributed by atoms with Gasteiger partial charge in [-0.2, -0.15) is 0 Å². The molecule has 138 valence electrons. The Bertz CT molecular complexity index is 1070. The average Bonchev–Trinajstić information content (AvgIpc) is 2.67. The fourth-order valence-corrected chi connectivity index (χ4v) is 4.08. The summed E-state index contributed by atoms with van der Waals surface area (Å²) < 4.78 is 6.41. The van der Waals surface area contributed by atoms with Crippen LogP contribution < -0.4 is 20.6 Å². The number of rotatable bonds is 3. The minimum Gasteiger partial charge on any atom is -0.496 e. The number of para-hydroxylation sites is 1. The van der Waals surface area contributed by atoms with Crippen molar-refractivity contribution in [2.24, 2.45) is 10.1 Å². The summed E-state index contributed by atoms with van der Waals surface area (Å²) in [6, 6.07) is 13.4. The predicted molar refractivity (Wildman–Crippen MR) is 110 cm³/mol. The third-order valence-electron chi connectivity index (χ3n) is 4.27. The minimum absolute atomic E-state index is 0.185. The van der Waals surface area contributed by atoms with Gasteiger partial charge >= 0.3 is 0 Å². The third kappa shape index (κ3) is 3.23. The molecule has 2 aromatic rings. The summed E-state index contributed by atoms with van der Waals surface area (Å²) >= 11 is 4.97. The number of hydrogen-bond donors (Lipinski definition) is 1. The molecule has 4 rings (SSSR count). The van der Waals surface area contributed by atoms with Crippen LogP contribution in [0.1, 0.15) is 18.7 Å². The van der Waals surface area contributed by atoms with Crippen LogP contribution in [0, 0.1) is 0 Å². The Morgan fingerprint density at radius 3 is 2.89 bits per heavy atom. The summed E-state index contributed by atoms with van der Waals surface area (Å²) in [5.74, 6) is 1.33. The zero-order valence-corrected chi connectivity index (χ0v) is 17.2. The van der Waals surface area contributed by atoms with Crippen LogP contribution in [-0.4, -0.2) is 28.9 Å². The maximum Gasteiger partial charge on any atom is 0.276 e. The van der Waals surface area contributed by atoms with Crippen LogP contribution in [0.4, 0.5) is 0 Å². The number of nitrogens with one attached hydrogen (secondary N) is 1. The van der Waals surface area contributed by atoms with Gasteiger partial charge in [0.2, 0.25) is 0 Å². The summed E-state index contributed by atoms with van der Waals surface area (Å²) in [6.07, 6.45) is -0.483. The molecule has 1 N–H and O–H groups in total. The van der Waals surface area contributed by atoms with Crippen molar-refractivity contribution >= 4 is 44.5 Å². The Labute approximate surface area is 169 Å². The van der Waals surface area contributed by atoms with Crippen molar-refractivity contribution in [2.75, 3.05) is 12.9 Å². The second-order valence-electron chi connectivity index (χ2n) is 5.89. The SMILES string of the molecule is CCSC1=NN2C(=c3cc(Br)ccc3=NC2c2ccccc2OC)C(=O)N1. The number of hydrazone groups is 1. The van der Waals surface area contributed by atoms with Crippen LogP contribution in [-0.2, 0) is 4.79 Å². The summed E-state index contributed by atoms with van der Waals surface area (Å²) in [5.41, 5.74) is 1.34. The average molecular weight is 445 g/mol. The monoisotopic (exact) mass is 444 g/mol. The molecule has 0 saturated heterocycles. The largest absolute Gasteiger partial charge is 0.496 e. The van der Waals surface area contributed by atoms with Crippen molar-refractivity contribution in [2.45, 2.75) is 13.1 Å². The highest BCUT2D eigenvalue weighted by Gasteiger charge is 2.35. The number of nitrogens with zero attached hydrogens (tertiary/aromatic N) is 3. The van der Waals surface area contributed by atoms with Gasteiger partial charge in [-0.25, -0.2) is 5.01 Å². The van der Waals surface area contributed by atoms with Crippen molar-refractivity contribution < 1.29 is 9.53 Å². The lowest BCUT2D eigenvalue weighted by molar-refractivity contribution is -0.116. The summed E-state index contributed by atoms with van der Waals surface area (Å²) in [6.45, 7) is 2.02. The highest BCUT2D eigenvalue weighted by atomic mass is 79.9. The molecule has 0 bridgehead atoms. The highest BCUT2D eigenvalue weighted by Crippen LogP contribution is 2.35. The minimum atomic E-state index is -0.483. The molecular formula is C19H17BrN4O2S. The van der Waals surface area contributed by atoms with Crippen LogP contribution >= 0.6 is 27.7 Å². The number of halogens is 1. The Morgan fingerprint density at radius 2 is 2.11 bits per heavy atom. The quantitative estimate of drug-likeness (QED) is 0.788. The lowest BCUT2D eigenvalue weighted by Crippen LogP contribution is -2.50. The van der Waals surface area contributed by atoms with Gasteiger partial charge in [0.25, 0.3) is 5.91 Å². The maximum atomic E-state index is 12.9. The van der Waals surface area contributed by atoms with Crippen molar-refractivity contribution in [3.05, 3.63) is 63.1 Å². The van der Waals surface area contributed by atoms with Gasteiger partial charge in [0.1, 0.15) is 11.4 Å². The van der Waals surface area contributed by atoms with Crippen molar-refractivity contribution in [1.29, 1.82) is 0 Å². The molecule has 0 spiro atoms. The van der Waals surface area contributed by atoms with Crippen molar-refractivity contribution in [3.63, 3.8) is 0 Å². The van der Waals surface area contributed by atoms with E-state index in [1.807, 2.05) is 49.4 Å². The van der Waals surface area contributed by atoms with Gasteiger partial charge in [-0.05, 0) is 30.0 Å². The molecule has 6 nitrogen and oxygen atoms in total. The van der Waals surface area contributed by atoms with Crippen LogP contribution in [0.3, 0.4) is 0 Å². The zero-order valence-electron chi connectivity index (χ0n) is 14.8. The predicted octanol–water partition coefficient (Wildman–Crippen LogP) is 2.35. The Kier molecular flexibility index (Phi) is 4.92. The lowest BCUT2D eigenvalue weighted by atomic mass is 10.1. The molecule has 1 amide bonds. The van der Waals surface area contributed by atoms with Crippen LogP contribution in [0.15, 0.2) is 57.0 Å². The number of amidine groups is 1. The van der Waals surface area contributed by atoms with Crippen molar-refractivity contribution in [1.82, 2.24) is 10.3 Å². The first-order valence-corrected chi connectivity index (χ1v) is 10.2. The molecule has 8 heteroatoms. The summed E-state index contributed by atoms with van der Waals surface area (Å²) in [4.78, 5) is 17.8. The van der Waals surface area contributed by atoms with E-state index in [1.54, 1.807) is 12.1 Å². The van der Waals surface area contributed by atoms with E-state index in [0.29, 0.717) is 16.6 Å². The first-order valence-electron chi connectivity index (χ1n) is 8.45. The van der Waals surface area contributed by atoms with E-state index in [2.05, 4.69) is 26.3 Å². The van der Waals surface area contributed by atoms with Gasteiger partial charge in [-0.1, -0.05) is 52.8 Å². The Balaban J connectivity index is 1.99. The molecule has 1 unspecified atom stereocenters. The molecule has 0 aromatic heterocycles. The molecular weight excluding hydrogens is 428 g/mol. The van der Waals surface area contributed by atoms with Gasteiger partial charge in [-0.3, -0.25) is 15.1 Å². The van der Waals surface area contributed by atoms with E-state index in [1.165, 1.54) is 11.8 Å². The number of carbonyl (C=O) groups is 1. The molecule has 0 radical (unpaired) electrons. The number of ether oxygens (including phenoxy) is 1. The van der Waals surface area contributed by atoms with Crippen LogP contribution in [0.5, 0.6) is 5.75 Å². The van der Waals surface area contributed by atoms with E-state index < -0.39 is 6.17 Å². The number of methoxy groups -OCH3 is 1. The maximum absolute atomic E-state index is 12.9. The van der Waals surface area contributed by atoms with Gasteiger partial charge in [0, 0.05) is 15.3 Å². The number of hydrogen-bond acceptors (Lipinski definition) is 6. The van der Waals surface area contributed by atoms with E-state index in [0.717, 1.165) is 26.4 Å². The van der Waals surface area contributed by atoms with E-state index in [4.69, 9.17) is 9.73 Å². The number of amides is 1. The topological polar surface area (TPSA) is 66.3 Å². The number of thioether (sulfide) groups is 1. The zero-order chi connectivity index (χ0) is 19.0. The first kappa shape index (κ1) is 18.1. The molecule has 1 atom stereocenters. The molecule has 2 aromatic carbocycles. The fourth-order valence-electron chi connectivity index (χ4n) is 3.14. The molecule has 0 saturated carbocycles. The number of fused-ring (bicyclic) bond motifs is 2. The summed E-state index contributed by atoms with van der Waals surface area (Å²) in [5, 5.41) is 11.3.